The molecule has 102 valence electrons. The van der Waals surface area contributed by atoms with Gasteiger partial charge >= 0.3 is 0 Å². The van der Waals surface area contributed by atoms with Crippen LogP contribution in [0.4, 0.5) is 4.39 Å². The Hall–Kier alpha value is -0.930. The molecular formula is C15H24FNO. The zero-order valence-corrected chi connectivity index (χ0v) is 11.7. The van der Waals surface area contributed by atoms with Gasteiger partial charge in [0.25, 0.3) is 0 Å². The molecule has 2 N–H and O–H groups in total. The zero-order chi connectivity index (χ0) is 13.7. The number of benzene rings is 1. The Morgan fingerprint density at radius 2 is 2.00 bits per heavy atom. The summed E-state index contributed by atoms with van der Waals surface area (Å²) in [7, 11) is 0. The molecule has 0 heterocycles. The van der Waals surface area contributed by atoms with Crippen LogP contribution in [0.1, 0.15) is 44.4 Å². The minimum Gasteiger partial charge on any atom is -0.387 e. The van der Waals surface area contributed by atoms with Crippen LogP contribution in [0.5, 0.6) is 0 Å². The molecular weight excluding hydrogens is 229 g/mol. The van der Waals surface area contributed by atoms with Crippen LogP contribution in [0.15, 0.2) is 18.2 Å². The Balaban J connectivity index is 2.76. The van der Waals surface area contributed by atoms with Gasteiger partial charge in [0.05, 0.1) is 6.10 Å². The number of rotatable bonds is 6. The van der Waals surface area contributed by atoms with Crippen molar-refractivity contribution in [3.8, 4) is 0 Å². The molecule has 1 rings (SSSR count). The minimum atomic E-state index is -0.590. The van der Waals surface area contributed by atoms with Crippen LogP contribution in [0, 0.1) is 18.7 Å². The summed E-state index contributed by atoms with van der Waals surface area (Å²) in [5.41, 5.74) is 1.35. The number of hydrogen-bond acceptors (Lipinski definition) is 2. The van der Waals surface area contributed by atoms with E-state index in [9.17, 15) is 9.50 Å². The topological polar surface area (TPSA) is 32.3 Å². The molecule has 0 aromatic heterocycles. The fourth-order valence-electron chi connectivity index (χ4n) is 1.95. The summed E-state index contributed by atoms with van der Waals surface area (Å²) < 4.78 is 13.2. The molecule has 18 heavy (non-hydrogen) atoms. The fourth-order valence-corrected chi connectivity index (χ4v) is 1.95. The molecule has 0 radical (unpaired) electrons. The highest BCUT2D eigenvalue weighted by Gasteiger charge is 2.19. The molecule has 0 amide bonds. The van der Waals surface area contributed by atoms with Crippen LogP contribution in [0.3, 0.4) is 0 Å². The molecule has 0 saturated carbocycles. The molecule has 0 aliphatic heterocycles. The lowest BCUT2D eigenvalue weighted by Crippen LogP contribution is -2.36. The van der Waals surface area contributed by atoms with Crippen LogP contribution in [-0.4, -0.2) is 17.7 Å². The monoisotopic (exact) mass is 253 g/mol. The SMILES string of the molecule is CCC(NCC(C)C)C(O)c1ccc(F)c(C)c1. The first-order valence-electron chi connectivity index (χ1n) is 6.63. The van der Waals surface area contributed by atoms with Crippen LogP contribution in [-0.2, 0) is 0 Å². The van der Waals surface area contributed by atoms with E-state index in [1.807, 2.05) is 6.92 Å². The molecule has 2 atom stereocenters. The van der Waals surface area contributed by atoms with Crippen molar-refractivity contribution in [1.82, 2.24) is 5.32 Å². The molecule has 0 saturated heterocycles. The second-order valence-electron chi connectivity index (χ2n) is 5.27. The second-order valence-corrected chi connectivity index (χ2v) is 5.27. The van der Waals surface area contributed by atoms with E-state index in [1.54, 1.807) is 19.1 Å². The van der Waals surface area contributed by atoms with Crippen LogP contribution >= 0.6 is 0 Å². The Kier molecular flexibility index (Phi) is 5.76. The van der Waals surface area contributed by atoms with Crippen molar-refractivity contribution in [2.24, 2.45) is 5.92 Å². The van der Waals surface area contributed by atoms with Crippen LogP contribution < -0.4 is 5.32 Å². The second kappa shape index (κ2) is 6.86. The molecule has 2 nitrogen and oxygen atoms in total. The van der Waals surface area contributed by atoms with Gasteiger partial charge in [-0.25, -0.2) is 4.39 Å². The van der Waals surface area contributed by atoms with Gasteiger partial charge in [-0.1, -0.05) is 32.9 Å². The van der Waals surface area contributed by atoms with Crippen molar-refractivity contribution in [3.05, 3.63) is 35.1 Å². The van der Waals surface area contributed by atoms with Crippen molar-refractivity contribution in [2.75, 3.05) is 6.54 Å². The third-order valence-electron chi connectivity index (χ3n) is 3.13. The summed E-state index contributed by atoms with van der Waals surface area (Å²) in [5.74, 6) is 0.315. The number of aliphatic hydroxyl groups is 1. The molecule has 2 unspecified atom stereocenters. The number of aliphatic hydroxyl groups excluding tert-OH is 1. The van der Waals surface area contributed by atoms with Crippen molar-refractivity contribution in [1.29, 1.82) is 0 Å². The van der Waals surface area contributed by atoms with E-state index in [1.165, 1.54) is 6.07 Å². The summed E-state index contributed by atoms with van der Waals surface area (Å²) in [5, 5.41) is 13.7. The fraction of sp³-hybridized carbons (Fsp3) is 0.600. The highest BCUT2D eigenvalue weighted by atomic mass is 19.1. The molecule has 0 aliphatic rings. The Bertz CT molecular complexity index is 379. The van der Waals surface area contributed by atoms with E-state index in [-0.39, 0.29) is 11.9 Å². The average Bonchev–Trinajstić information content (AvgIpc) is 2.32. The van der Waals surface area contributed by atoms with E-state index >= 15 is 0 Å². The van der Waals surface area contributed by atoms with Gasteiger partial charge in [-0.05, 0) is 43.0 Å². The quantitative estimate of drug-likeness (QED) is 0.816. The average molecular weight is 253 g/mol. The largest absolute Gasteiger partial charge is 0.387 e. The van der Waals surface area contributed by atoms with Crippen molar-refractivity contribution in [2.45, 2.75) is 46.3 Å². The highest BCUT2D eigenvalue weighted by molar-refractivity contribution is 5.26. The summed E-state index contributed by atoms with van der Waals surface area (Å²) in [6.07, 6.45) is 0.248. The molecule has 3 heteroatoms. The first-order chi connectivity index (χ1) is 8.45. The molecule has 0 bridgehead atoms. The summed E-state index contributed by atoms with van der Waals surface area (Å²) in [4.78, 5) is 0. The number of hydrogen-bond donors (Lipinski definition) is 2. The number of nitrogens with one attached hydrogen (secondary N) is 1. The van der Waals surface area contributed by atoms with Crippen molar-refractivity contribution in [3.63, 3.8) is 0 Å². The minimum absolute atomic E-state index is 0.0114. The van der Waals surface area contributed by atoms with E-state index < -0.39 is 6.10 Å². The summed E-state index contributed by atoms with van der Waals surface area (Å²) >= 11 is 0. The van der Waals surface area contributed by atoms with Crippen LogP contribution in [0.2, 0.25) is 0 Å². The maximum Gasteiger partial charge on any atom is 0.126 e. The first-order valence-corrected chi connectivity index (χ1v) is 6.63. The normalized spacial score (nSPS) is 14.8. The smallest absolute Gasteiger partial charge is 0.126 e. The van der Waals surface area contributed by atoms with Crippen LogP contribution in [0.25, 0.3) is 0 Å². The Morgan fingerprint density at radius 3 is 2.50 bits per heavy atom. The summed E-state index contributed by atoms with van der Waals surface area (Å²) in [6, 6.07) is 4.81. The summed E-state index contributed by atoms with van der Waals surface area (Å²) in [6.45, 7) is 8.89. The predicted molar refractivity (Wildman–Crippen MR) is 73.0 cm³/mol. The standard InChI is InChI=1S/C15H24FNO/c1-5-14(17-9-10(2)3)15(18)12-6-7-13(16)11(4)8-12/h6-8,10,14-15,17-18H,5,9H2,1-4H3. The lowest BCUT2D eigenvalue weighted by atomic mass is 9.98. The Morgan fingerprint density at radius 1 is 1.33 bits per heavy atom. The van der Waals surface area contributed by atoms with Gasteiger partial charge in [-0.2, -0.15) is 0 Å². The molecule has 0 aliphatic carbocycles. The van der Waals surface area contributed by atoms with E-state index in [4.69, 9.17) is 0 Å². The molecule has 0 spiro atoms. The predicted octanol–water partition coefficient (Wildman–Crippen LogP) is 3.19. The van der Waals surface area contributed by atoms with Gasteiger partial charge in [0.15, 0.2) is 0 Å². The van der Waals surface area contributed by atoms with E-state index in [0.717, 1.165) is 18.5 Å². The number of aryl methyl sites for hydroxylation is 1. The lowest BCUT2D eigenvalue weighted by Gasteiger charge is -2.24. The van der Waals surface area contributed by atoms with Gasteiger partial charge in [-0.3, -0.25) is 0 Å². The van der Waals surface area contributed by atoms with E-state index in [0.29, 0.717) is 11.5 Å². The number of halogens is 1. The molecule has 0 fully saturated rings. The van der Waals surface area contributed by atoms with Crippen molar-refractivity contribution < 1.29 is 9.50 Å². The van der Waals surface area contributed by atoms with E-state index in [2.05, 4.69) is 19.2 Å². The Labute approximate surface area is 109 Å². The zero-order valence-electron chi connectivity index (χ0n) is 11.7. The third-order valence-corrected chi connectivity index (χ3v) is 3.13. The molecule has 1 aromatic carbocycles. The van der Waals surface area contributed by atoms with Gasteiger partial charge < -0.3 is 10.4 Å². The maximum absolute atomic E-state index is 13.2. The first kappa shape index (κ1) is 15.1. The lowest BCUT2D eigenvalue weighted by molar-refractivity contribution is 0.124. The maximum atomic E-state index is 13.2. The van der Waals surface area contributed by atoms with Crippen molar-refractivity contribution >= 4 is 0 Å². The van der Waals surface area contributed by atoms with Gasteiger partial charge in [0.2, 0.25) is 0 Å². The van der Waals surface area contributed by atoms with Gasteiger partial charge in [0, 0.05) is 6.04 Å². The third kappa shape index (κ3) is 4.07. The van der Waals surface area contributed by atoms with Gasteiger partial charge in [0.1, 0.15) is 5.82 Å². The highest BCUT2D eigenvalue weighted by Crippen LogP contribution is 2.21. The molecule has 1 aromatic rings. The van der Waals surface area contributed by atoms with Gasteiger partial charge in [-0.15, -0.1) is 0 Å².